The summed E-state index contributed by atoms with van der Waals surface area (Å²) in [4.78, 5) is 12.2. The molecule has 0 radical (unpaired) electrons. The Labute approximate surface area is 153 Å². The van der Waals surface area contributed by atoms with Gasteiger partial charge in [0.05, 0.1) is 11.7 Å². The Kier molecular flexibility index (Phi) is 6.15. The lowest BCUT2D eigenvalue weighted by molar-refractivity contribution is 0.0916. The minimum atomic E-state index is -0.254. The van der Waals surface area contributed by atoms with E-state index in [2.05, 4.69) is 79.2 Å². The third-order valence-electron chi connectivity index (χ3n) is 3.38. The number of rotatable bonds is 3. The van der Waals surface area contributed by atoms with E-state index in [1.54, 1.807) is 0 Å². The highest BCUT2D eigenvalue weighted by molar-refractivity contribution is 14.1. The maximum Gasteiger partial charge on any atom is 0.252 e. The van der Waals surface area contributed by atoms with Gasteiger partial charge in [0.15, 0.2) is 0 Å². The van der Waals surface area contributed by atoms with Crippen molar-refractivity contribution in [1.82, 2.24) is 5.32 Å². The van der Waals surface area contributed by atoms with Crippen LogP contribution < -0.4 is 5.32 Å². The predicted molar refractivity (Wildman–Crippen MR) is 100 cm³/mol. The monoisotopic (exact) mass is 597 g/mol. The molecule has 0 spiro atoms. The van der Waals surface area contributed by atoms with Gasteiger partial charge in [-0.3, -0.25) is 4.79 Å². The summed E-state index contributed by atoms with van der Waals surface area (Å²) in [7, 11) is 0. The van der Waals surface area contributed by atoms with Crippen molar-refractivity contribution in [2.24, 2.45) is 5.92 Å². The predicted octanol–water partition coefficient (Wildman–Crippen LogP) is 3.39. The lowest BCUT2D eigenvalue weighted by Gasteiger charge is -2.15. The normalized spacial score (nSPS) is 22.5. The summed E-state index contributed by atoms with van der Waals surface area (Å²) in [6, 6.07) is 3.96. The van der Waals surface area contributed by atoms with Gasteiger partial charge in [-0.25, -0.2) is 0 Å². The summed E-state index contributed by atoms with van der Waals surface area (Å²) in [5, 5.41) is 12.7. The summed E-state index contributed by atoms with van der Waals surface area (Å²) in [6.07, 6.45) is 2.66. The number of carbonyl (C=O) groups is 1. The topological polar surface area (TPSA) is 49.3 Å². The van der Waals surface area contributed by atoms with E-state index in [1.165, 1.54) is 0 Å². The fourth-order valence-corrected chi connectivity index (χ4v) is 4.70. The molecule has 2 N–H and O–H groups in total. The maximum atomic E-state index is 12.2. The average Bonchev–Trinajstić information content (AvgIpc) is 2.76. The van der Waals surface area contributed by atoms with Crippen LogP contribution in [-0.4, -0.2) is 23.7 Å². The number of amides is 1. The van der Waals surface area contributed by atoms with Gasteiger partial charge in [0.25, 0.3) is 5.91 Å². The van der Waals surface area contributed by atoms with Gasteiger partial charge in [0.2, 0.25) is 0 Å². The van der Waals surface area contributed by atoms with Crippen molar-refractivity contribution in [2.45, 2.75) is 25.4 Å². The fourth-order valence-electron chi connectivity index (χ4n) is 2.30. The number of benzene rings is 1. The minimum Gasteiger partial charge on any atom is -0.393 e. The molecule has 0 aromatic heterocycles. The van der Waals surface area contributed by atoms with Gasteiger partial charge in [-0.05, 0) is 92.7 Å². The molecule has 1 fully saturated rings. The van der Waals surface area contributed by atoms with Crippen LogP contribution in [0.15, 0.2) is 12.1 Å². The zero-order valence-corrected chi connectivity index (χ0v) is 16.6. The second-order valence-corrected chi connectivity index (χ2v) is 8.20. The lowest BCUT2D eigenvalue weighted by Crippen LogP contribution is -2.33. The summed E-state index contributed by atoms with van der Waals surface area (Å²) in [6.45, 7) is 0.568. The van der Waals surface area contributed by atoms with Crippen LogP contribution >= 0.6 is 67.8 Å². The zero-order valence-electron chi connectivity index (χ0n) is 10.1. The Morgan fingerprint density at radius 3 is 2.68 bits per heavy atom. The molecule has 6 heteroatoms. The summed E-state index contributed by atoms with van der Waals surface area (Å²) in [5.41, 5.74) is 0.726. The zero-order chi connectivity index (χ0) is 14.0. The molecule has 1 aromatic rings. The van der Waals surface area contributed by atoms with Crippen molar-refractivity contribution >= 4 is 73.7 Å². The van der Waals surface area contributed by atoms with Crippen molar-refractivity contribution in [2.75, 3.05) is 6.54 Å². The van der Waals surface area contributed by atoms with Crippen LogP contribution in [0.25, 0.3) is 0 Å². The number of hydrogen-bond donors (Lipinski definition) is 2. The molecule has 19 heavy (non-hydrogen) atoms. The van der Waals surface area contributed by atoms with Crippen LogP contribution in [0.1, 0.15) is 29.6 Å². The van der Waals surface area contributed by atoms with Crippen LogP contribution in [-0.2, 0) is 0 Å². The van der Waals surface area contributed by atoms with E-state index in [0.29, 0.717) is 6.54 Å². The Hall–Kier alpha value is 0.840. The highest BCUT2D eigenvalue weighted by Gasteiger charge is 2.25. The molecular formula is C13H14I3NO2. The molecule has 1 amide bonds. The second kappa shape index (κ2) is 7.21. The highest BCUT2D eigenvalue weighted by atomic mass is 127. The first kappa shape index (κ1) is 16.2. The summed E-state index contributed by atoms with van der Waals surface area (Å²) < 4.78 is 3.15. The lowest BCUT2D eigenvalue weighted by atomic mass is 10.1. The molecule has 2 rings (SSSR count). The molecule has 0 aliphatic heterocycles. The largest absolute Gasteiger partial charge is 0.393 e. The standard InChI is InChI=1S/C13H14I3NO2/c14-8-4-9(12(16)10(15)5-8)13(19)17-6-7-2-1-3-11(7)18/h4-5,7,11,18H,1-3,6H2,(H,17,19). The van der Waals surface area contributed by atoms with Gasteiger partial charge < -0.3 is 10.4 Å². The van der Waals surface area contributed by atoms with Crippen molar-refractivity contribution in [3.8, 4) is 0 Å². The van der Waals surface area contributed by atoms with Gasteiger partial charge in [0, 0.05) is 23.2 Å². The van der Waals surface area contributed by atoms with Crippen molar-refractivity contribution < 1.29 is 9.90 Å². The van der Waals surface area contributed by atoms with Crippen LogP contribution in [0.5, 0.6) is 0 Å². The van der Waals surface area contributed by atoms with E-state index in [1.807, 2.05) is 6.07 Å². The summed E-state index contributed by atoms with van der Waals surface area (Å²) >= 11 is 6.68. The van der Waals surface area contributed by atoms with E-state index in [-0.39, 0.29) is 17.9 Å². The molecule has 1 aliphatic rings. The Morgan fingerprint density at radius 1 is 1.32 bits per heavy atom. The van der Waals surface area contributed by atoms with Crippen LogP contribution in [0.3, 0.4) is 0 Å². The maximum absolute atomic E-state index is 12.2. The molecule has 2 atom stereocenters. The van der Waals surface area contributed by atoms with Crippen molar-refractivity contribution in [3.63, 3.8) is 0 Å². The van der Waals surface area contributed by atoms with E-state index in [9.17, 15) is 9.90 Å². The molecule has 3 nitrogen and oxygen atoms in total. The highest BCUT2D eigenvalue weighted by Crippen LogP contribution is 2.25. The number of nitrogens with one attached hydrogen (secondary N) is 1. The number of halogens is 3. The number of aliphatic hydroxyl groups is 1. The Bertz CT molecular complexity index is 493. The molecule has 0 saturated heterocycles. The molecule has 1 saturated carbocycles. The number of carbonyl (C=O) groups excluding carboxylic acids is 1. The summed E-state index contributed by atoms with van der Waals surface area (Å²) in [5.74, 6) is 0.170. The smallest absolute Gasteiger partial charge is 0.252 e. The Morgan fingerprint density at radius 2 is 2.05 bits per heavy atom. The molecule has 1 aromatic carbocycles. The Balaban J connectivity index is 2.04. The molecule has 1 aliphatic carbocycles. The van der Waals surface area contributed by atoms with Crippen LogP contribution in [0, 0.1) is 16.6 Å². The van der Waals surface area contributed by atoms with Crippen LogP contribution in [0.2, 0.25) is 0 Å². The second-order valence-electron chi connectivity index (χ2n) is 4.72. The molecule has 0 heterocycles. The third-order valence-corrected chi connectivity index (χ3v) is 7.05. The van der Waals surface area contributed by atoms with Gasteiger partial charge >= 0.3 is 0 Å². The van der Waals surface area contributed by atoms with Gasteiger partial charge in [-0.2, -0.15) is 0 Å². The van der Waals surface area contributed by atoms with E-state index >= 15 is 0 Å². The fraction of sp³-hybridized carbons (Fsp3) is 0.462. The molecule has 104 valence electrons. The van der Waals surface area contributed by atoms with Crippen LogP contribution in [0.4, 0.5) is 0 Å². The first-order valence-electron chi connectivity index (χ1n) is 6.10. The van der Waals surface area contributed by atoms with Crippen molar-refractivity contribution in [1.29, 1.82) is 0 Å². The van der Waals surface area contributed by atoms with Gasteiger partial charge in [-0.15, -0.1) is 0 Å². The third kappa shape index (κ3) is 4.16. The molecular weight excluding hydrogens is 583 g/mol. The first-order chi connectivity index (χ1) is 8.99. The average molecular weight is 597 g/mol. The van der Waals surface area contributed by atoms with E-state index < -0.39 is 0 Å². The minimum absolute atomic E-state index is 0.0417. The van der Waals surface area contributed by atoms with Gasteiger partial charge in [-0.1, -0.05) is 6.42 Å². The molecule has 2 unspecified atom stereocenters. The van der Waals surface area contributed by atoms with Crippen molar-refractivity contribution in [3.05, 3.63) is 28.4 Å². The van der Waals surface area contributed by atoms with E-state index in [0.717, 1.165) is 35.5 Å². The number of aliphatic hydroxyl groups excluding tert-OH is 1. The SMILES string of the molecule is O=C(NCC1CCCC1O)c1cc(I)cc(I)c1I. The first-order valence-corrected chi connectivity index (χ1v) is 9.33. The van der Waals surface area contributed by atoms with E-state index in [4.69, 9.17) is 0 Å². The molecule has 0 bridgehead atoms. The van der Waals surface area contributed by atoms with Gasteiger partial charge in [0.1, 0.15) is 0 Å². The number of hydrogen-bond acceptors (Lipinski definition) is 2. The quantitative estimate of drug-likeness (QED) is 0.415.